The number of nitrogens with zero attached hydrogens (tertiary/aromatic N) is 3. The van der Waals surface area contributed by atoms with Crippen molar-refractivity contribution in [1.82, 2.24) is 9.97 Å². The molecular weight excluding hydrogens is 128 g/mol. The summed E-state index contributed by atoms with van der Waals surface area (Å²) in [5.74, 6) is 0.188. The normalized spacial score (nSPS) is 8.80. The van der Waals surface area contributed by atoms with Gasteiger partial charge in [0.05, 0.1) is 11.9 Å². The van der Waals surface area contributed by atoms with Crippen molar-refractivity contribution >= 4 is 5.82 Å². The summed E-state index contributed by atoms with van der Waals surface area (Å²) in [7, 11) is 0. The highest BCUT2D eigenvalue weighted by Crippen LogP contribution is 2.02. The van der Waals surface area contributed by atoms with Crippen LogP contribution in [0, 0.1) is 18.3 Å². The average Bonchev–Trinajstić information content (AvgIpc) is 1.94. The molecule has 10 heavy (non-hydrogen) atoms. The first-order valence-electron chi connectivity index (χ1n) is 2.73. The molecule has 0 atom stereocenters. The quantitative estimate of drug-likeness (QED) is 0.551. The second-order valence-electron chi connectivity index (χ2n) is 1.86. The molecule has 4 nitrogen and oxygen atoms in total. The van der Waals surface area contributed by atoms with Crippen molar-refractivity contribution in [2.75, 3.05) is 5.73 Å². The third-order valence-corrected chi connectivity index (χ3v) is 1.03. The average molecular weight is 134 g/mol. The van der Waals surface area contributed by atoms with E-state index >= 15 is 0 Å². The van der Waals surface area contributed by atoms with Gasteiger partial charge in [0.2, 0.25) is 0 Å². The van der Waals surface area contributed by atoms with Crippen LogP contribution in [0.1, 0.15) is 11.4 Å². The zero-order chi connectivity index (χ0) is 7.56. The van der Waals surface area contributed by atoms with Crippen molar-refractivity contribution in [1.29, 1.82) is 5.26 Å². The van der Waals surface area contributed by atoms with E-state index in [0.717, 1.165) is 0 Å². The van der Waals surface area contributed by atoms with Gasteiger partial charge in [0.15, 0.2) is 11.5 Å². The number of hydrogen-bond donors (Lipinski definition) is 1. The predicted octanol–water partition coefficient (Wildman–Crippen LogP) is 0.239. The van der Waals surface area contributed by atoms with Crippen LogP contribution in [0.2, 0.25) is 0 Å². The van der Waals surface area contributed by atoms with Crippen molar-refractivity contribution < 1.29 is 0 Å². The minimum absolute atomic E-state index is 0.188. The summed E-state index contributed by atoms with van der Waals surface area (Å²) in [5.41, 5.74) is 6.20. The largest absolute Gasteiger partial charge is 0.381 e. The van der Waals surface area contributed by atoms with Crippen molar-refractivity contribution in [2.45, 2.75) is 6.92 Å². The first-order valence-corrected chi connectivity index (χ1v) is 2.73. The number of anilines is 1. The Kier molecular flexibility index (Phi) is 1.50. The van der Waals surface area contributed by atoms with Crippen LogP contribution in [0.25, 0.3) is 0 Å². The topological polar surface area (TPSA) is 75.6 Å². The van der Waals surface area contributed by atoms with Crippen LogP contribution < -0.4 is 5.73 Å². The molecule has 4 heteroatoms. The van der Waals surface area contributed by atoms with Gasteiger partial charge in [-0.15, -0.1) is 0 Å². The van der Waals surface area contributed by atoms with Gasteiger partial charge in [0.25, 0.3) is 0 Å². The summed E-state index contributed by atoms with van der Waals surface area (Å²) in [4.78, 5) is 7.58. The molecule has 50 valence electrons. The molecule has 0 radical (unpaired) electrons. The van der Waals surface area contributed by atoms with Crippen molar-refractivity contribution in [3.8, 4) is 6.07 Å². The molecule has 0 amide bonds. The highest BCUT2D eigenvalue weighted by molar-refractivity contribution is 5.42. The lowest BCUT2D eigenvalue weighted by Gasteiger charge is -1.94. The molecule has 0 bridgehead atoms. The van der Waals surface area contributed by atoms with Gasteiger partial charge in [-0.3, -0.25) is 0 Å². The molecule has 0 aliphatic rings. The van der Waals surface area contributed by atoms with Gasteiger partial charge in [-0.25, -0.2) is 9.97 Å². The SMILES string of the molecule is Cc1cnc(N)c(C#N)n1. The molecule has 2 N–H and O–H groups in total. The maximum absolute atomic E-state index is 8.41. The van der Waals surface area contributed by atoms with E-state index in [-0.39, 0.29) is 11.5 Å². The van der Waals surface area contributed by atoms with Gasteiger partial charge in [0, 0.05) is 0 Å². The fraction of sp³-hybridized carbons (Fsp3) is 0.167. The van der Waals surface area contributed by atoms with Crippen LogP contribution >= 0.6 is 0 Å². The third-order valence-electron chi connectivity index (χ3n) is 1.03. The Morgan fingerprint density at radius 3 is 2.90 bits per heavy atom. The molecule has 1 heterocycles. The van der Waals surface area contributed by atoms with Crippen LogP contribution in [-0.2, 0) is 0 Å². The maximum atomic E-state index is 8.41. The van der Waals surface area contributed by atoms with E-state index in [1.165, 1.54) is 6.20 Å². The van der Waals surface area contributed by atoms with Crippen molar-refractivity contribution in [2.24, 2.45) is 0 Å². The highest BCUT2D eigenvalue weighted by atomic mass is 14.9. The summed E-state index contributed by atoms with van der Waals surface area (Å²) in [6.45, 7) is 1.76. The predicted molar refractivity (Wildman–Crippen MR) is 35.9 cm³/mol. The Hall–Kier alpha value is -1.63. The lowest BCUT2D eigenvalue weighted by molar-refractivity contribution is 1.10. The number of hydrogen-bond acceptors (Lipinski definition) is 4. The Bertz CT molecular complexity index is 286. The standard InChI is InChI=1S/C6H6N4/c1-4-3-9-6(8)5(2-7)10-4/h3H,1H3,(H2,8,9). The smallest absolute Gasteiger partial charge is 0.183 e. The fourth-order valence-electron chi connectivity index (χ4n) is 0.569. The minimum atomic E-state index is 0.188. The molecule has 1 aromatic heterocycles. The first kappa shape index (κ1) is 6.49. The molecule has 0 aromatic carbocycles. The zero-order valence-electron chi connectivity index (χ0n) is 5.50. The molecule has 0 saturated heterocycles. The van der Waals surface area contributed by atoms with Crippen LogP contribution in [0.15, 0.2) is 6.20 Å². The molecule has 1 aromatic rings. The first-order chi connectivity index (χ1) is 4.74. The number of aromatic nitrogens is 2. The van der Waals surface area contributed by atoms with Crippen LogP contribution in [0.5, 0.6) is 0 Å². The van der Waals surface area contributed by atoms with Gasteiger partial charge in [-0.2, -0.15) is 5.26 Å². The van der Waals surface area contributed by atoms with Gasteiger partial charge in [-0.05, 0) is 6.92 Å². The molecular formula is C6H6N4. The minimum Gasteiger partial charge on any atom is -0.381 e. The van der Waals surface area contributed by atoms with Gasteiger partial charge < -0.3 is 5.73 Å². The maximum Gasteiger partial charge on any atom is 0.183 e. The van der Waals surface area contributed by atoms with E-state index in [0.29, 0.717) is 5.69 Å². The zero-order valence-corrected chi connectivity index (χ0v) is 5.50. The van der Waals surface area contributed by atoms with Gasteiger partial charge >= 0.3 is 0 Å². The van der Waals surface area contributed by atoms with E-state index in [2.05, 4.69) is 9.97 Å². The Morgan fingerprint density at radius 1 is 1.70 bits per heavy atom. The van der Waals surface area contributed by atoms with E-state index in [1.807, 2.05) is 6.07 Å². The van der Waals surface area contributed by atoms with E-state index in [9.17, 15) is 0 Å². The highest BCUT2D eigenvalue weighted by Gasteiger charge is 1.98. The lowest BCUT2D eigenvalue weighted by Crippen LogP contribution is -1.98. The Labute approximate surface area is 58.3 Å². The third kappa shape index (κ3) is 1.03. The summed E-state index contributed by atoms with van der Waals surface area (Å²) in [5, 5.41) is 8.41. The number of nitrogens with two attached hydrogens (primary N) is 1. The van der Waals surface area contributed by atoms with Crippen LogP contribution in [-0.4, -0.2) is 9.97 Å². The monoisotopic (exact) mass is 134 g/mol. The second-order valence-corrected chi connectivity index (χ2v) is 1.86. The number of nitriles is 1. The number of rotatable bonds is 0. The van der Waals surface area contributed by atoms with E-state index in [1.54, 1.807) is 6.92 Å². The van der Waals surface area contributed by atoms with E-state index in [4.69, 9.17) is 11.0 Å². The van der Waals surface area contributed by atoms with Crippen LogP contribution in [0.3, 0.4) is 0 Å². The summed E-state index contributed by atoms with van der Waals surface area (Å²) in [6.07, 6.45) is 1.52. The molecule has 1 rings (SSSR count). The molecule has 0 saturated carbocycles. The lowest BCUT2D eigenvalue weighted by atomic mass is 10.4. The number of aryl methyl sites for hydroxylation is 1. The summed E-state index contributed by atoms with van der Waals surface area (Å²) >= 11 is 0. The molecule has 0 fully saturated rings. The molecule has 0 aliphatic heterocycles. The fourth-order valence-corrected chi connectivity index (χ4v) is 0.569. The van der Waals surface area contributed by atoms with Gasteiger partial charge in [0.1, 0.15) is 6.07 Å². The summed E-state index contributed by atoms with van der Waals surface area (Å²) in [6, 6.07) is 1.84. The van der Waals surface area contributed by atoms with Crippen molar-refractivity contribution in [3.05, 3.63) is 17.6 Å². The Balaban J connectivity index is 3.25. The van der Waals surface area contributed by atoms with Gasteiger partial charge in [-0.1, -0.05) is 0 Å². The molecule has 0 spiro atoms. The molecule has 0 unspecified atom stereocenters. The summed E-state index contributed by atoms with van der Waals surface area (Å²) < 4.78 is 0. The Morgan fingerprint density at radius 2 is 2.40 bits per heavy atom. The molecule has 0 aliphatic carbocycles. The van der Waals surface area contributed by atoms with E-state index < -0.39 is 0 Å². The number of nitrogen functional groups attached to an aromatic ring is 1. The van der Waals surface area contributed by atoms with Crippen molar-refractivity contribution in [3.63, 3.8) is 0 Å². The van der Waals surface area contributed by atoms with Crippen LogP contribution in [0.4, 0.5) is 5.82 Å². The second kappa shape index (κ2) is 2.31.